The molecule has 2 unspecified atom stereocenters. The van der Waals surface area contributed by atoms with Crippen LogP contribution in [-0.2, 0) is 9.47 Å². The minimum atomic E-state index is 0.311. The molecule has 4 heteroatoms. The van der Waals surface area contributed by atoms with Crippen molar-refractivity contribution in [3.63, 3.8) is 0 Å². The van der Waals surface area contributed by atoms with Crippen LogP contribution in [0.4, 0.5) is 0 Å². The molecule has 0 aromatic carbocycles. The monoisotopic (exact) mass is 256 g/mol. The predicted octanol–water partition coefficient (Wildman–Crippen LogP) is 1.11. The molecule has 2 saturated heterocycles. The molecule has 0 radical (unpaired) electrons. The number of nitrogens with one attached hydrogen (secondary N) is 1. The van der Waals surface area contributed by atoms with Crippen LogP contribution >= 0.6 is 0 Å². The fourth-order valence-corrected chi connectivity index (χ4v) is 3.13. The fraction of sp³-hybridized carbons (Fsp3) is 1.00. The summed E-state index contributed by atoms with van der Waals surface area (Å²) in [6.45, 7) is 12.5. The third-order valence-electron chi connectivity index (χ3n) is 4.04. The molecule has 0 saturated carbocycles. The second kappa shape index (κ2) is 6.85. The van der Waals surface area contributed by atoms with Gasteiger partial charge in [0.1, 0.15) is 0 Å². The van der Waals surface area contributed by atoms with Gasteiger partial charge in [0, 0.05) is 38.2 Å². The minimum Gasteiger partial charge on any atom is -0.381 e. The van der Waals surface area contributed by atoms with E-state index in [0.717, 1.165) is 52.5 Å². The van der Waals surface area contributed by atoms with E-state index in [2.05, 4.69) is 24.1 Å². The molecule has 0 amide bonds. The number of ether oxygens (including phenoxy) is 2. The van der Waals surface area contributed by atoms with Crippen molar-refractivity contribution in [2.75, 3.05) is 52.5 Å². The van der Waals surface area contributed by atoms with Crippen LogP contribution in [0.2, 0.25) is 0 Å². The summed E-state index contributed by atoms with van der Waals surface area (Å²) in [5.41, 5.74) is 0.311. The number of morpholine rings is 1. The van der Waals surface area contributed by atoms with Crippen molar-refractivity contribution in [1.29, 1.82) is 0 Å². The molecule has 2 aliphatic heterocycles. The van der Waals surface area contributed by atoms with E-state index in [4.69, 9.17) is 9.47 Å². The van der Waals surface area contributed by atoms with E-state index < -0.39 is 0 Å². The molecule has 2 atom stereocenters. The maximum absolute atomic E-state index is 5.75. The van der Waals surface area contributed by atoms with Crippen LogP contribution in [0, 0.1) is 5.41 Å². The Balaban J connectivity index is 1.91. The zero-order chi connectivity index (χ0) is 12.8. The third-order valence-corrected chi connectivity index (χ3v) is 4.04. The summed E-state index contributed by atoms with van der Waals surface area (Å²) in [6, 6.07) is 0. The van der Waals surface area contributed by atoms with Gasteiger partial charge in [-0.1, -0.05) is 6.92 Å². The van der Waals surface area contributed by atoms with Gasteiger partial charge < -0.3 is 14.8 Å². The molecule has 2 rings (SSSR count). The normalized spacial score (nSPS) is 34.7. The Morgan fingerprint density at radius 3 is 2.94 bits per heavy atom. The van der Waals surface area contributed by atoms with Gasteiger partial charge in [-0.3, -0.25) is 4.90 Å². The van der Waals surface area contributed by atoms with Gasteiger partial charge in [-0.2, -0.15) is 0 Å². The Kier molecular flexibility index (Phi) is 5.42. The highest BCUT2D eigenvalue weighted by atomic mass is 16.5. The molecule has 0 spiro atoms. The van der Waals surface area contributed by atoms with E-state index in [1.54, 1.807) is 0 Å². The van der Waals surface area contributed by atoms with Crippen LogP contribution in [0.25, 0.3) is 0 Å². The van der Waals surface area contributed by atoms with E-state index in [-0.39, 0.29) is 0 Å². The van der Waals surface area contributed by atoms with Crippen molar-refractivity contribution in [2.45, 2.75) is 32.8 Å². The van der Waals surface area contributed by atoms with Crippen LogP contribution in [0.3, 0.4) is 0 Å². The Hall–Kier alpha value is -0.160. The quantitative estimate of drug-likeness (QED) is 0.799. The summed E-state index contributed by atoms with van der Waals surface area (Å²) >= 11 is 0. The maximum Gasteiger partial charge on any atom is 0.0674 e. The molecule has 2 fully saturated rings. The van der Waals surface area contributed by atoms with Gasteiger partial charge in [0.2, 0.25) is 0 Å². The van der Waals surface area contributed by atoms with Crippen LogP contribution < -0.4 is 5.32 Å². The highest BCUT2D eigenvalue weighted by molar-refractivity contribution is 4.88. The summed E-state index contributed by atoms with van der Waals surface area (Å²) < 4.78 is 11.4. The standard InChI is InChI=1S/C14H28N2O2/c1-3-15-10-14(5-4-7-17-12-14)11-16-6-8-18-13(2)9-16/h13,15H,3-12H2,1-2H3. The lowest BCUT2D eigenvalue weighted by Gasteiger charge is -2.43. The average molecular weight is 256 g/mol. The largest absolute Gasteiger partial charge is 0.381 e. The first-order valence-corrected chi connectivity index (χ1v) is 7.36. The van der Waals surface area contributed by atoms with E-state index in [9.17, 15) is 0 Å². The van der Waals surface area contributed by atoms with Crippen molar-refractivity contribution < 1.29 is 9.47 Å². The van der Waals surface area contributed by atoms with Crippen molar-refractivity contribution in [2.24, 2.45) is 5.41 Å². The summed E-state index contributed by atoms with van der Waals surface area (Å²) in [4.78, 5) is 2.56. The van der Waals surface area contributed by atoms with Gasteiger partial charge in [0.05, 0.1) is 19.3 Å². The highest BCUT2D eigenvalue weighted by Gasteiger charge is 2.35. The van der Waals surface area contributed by atoms with Crippen LogP contribution in [0.1, 0.15) is 26.7 Å². The number of hydrogen-bond donors (Lipinski definition) is 1. The molecule has 2 heterocycles. The minimum absolute atomic E-state index is 0.311. The first-order valence-electron chi connectivity index (χ1n) is 7.36. The van der Waals surface area contributed by atoms with Crippen molar-refractivity contribution in [1.82, 2.24) is 10.2 Å². The highest BCUT2D eigenvalue weighted by Crippen LogP contribution is 2.29. The topological polar surface area (TPSA) is 33.7 Å². The Morgan fingerprint density at radius 2 is 2.28 bits per heavy atom. The van der Waals surface area contributed by atoms with Crippen molar-refractivity contribution in [3.8, 4) is 0 Å². The molecule has 106 valence electrons. The van der Waals surface area contributed by atoms with Gasteiger partial charge in [-0.05, 0) is 26.3 Å². The molecular formula is C14H28N2O2. The molecule has 4 nitrogen and oxygen atoms in total. The molecular weight excluding hydrogens is 228 g/mol. The molecule has 2 aliphatic rings. The van der Waals surface area contributed by atoms with Crippen LogP contribution in [0.15, 0.2) is 0 Å². The van der Waals surface area contributed by atoms with E-state index in [1.807, 2.05) is 0 Å². The third kappa shape index (κ3) is 3.92. The first-order chi connectivity index (χ1) is 8.74. The van der Waals surface area contributed by atoms with E-state index in [0.29, 0.717) is 11.5 Å². The first kappa shape index (κ1) is 14.3. The molecule has 1 N–H and O–H groups in total. The molecule has 0 aromatic heterocycles. The van der Waals surface area contributed by atoms with Crippen molar-refractivity contribution in [3.05, 3.63) is 0 Å². The summed E-state index contributed by atoms with van der Waals surface area (Å²) in [5.74, 6) is 0. The fourth-order valence-electron chi connectivity index (χ4n) is 3.13. The Morgan fingerprint density at radius 1 is 1.39 bits per heavy atom. The predicted molar refractivity (Wildman–Crippen MR) is 72.9 cm³/mol. The van der Waals surface area contributed by atoms with Gasteiger partial charge >= 0.3 is 0 Å². The molecule has 18 heavy (non-hydrogen) atoms. The number of hydrogen-bond acceptors (Lipinski definition) is 4. The average Bonchev–Trinajstić information content (AvgIpc) is 2.38. The summed E-state index contributed by atoms with van der Waals surface area (Å²) in [6.07, 6.45) is 2.86. The Labute approximate surface area is 111 Å². The van der Waals surface area contributed by atoms with E-state index in [1.165, 1.54) is 12.8 Å². The number of nitrogens with zero attached hydrogens (tertiary/aromatic N) is 1. The summed E-state index contributed by atoms with van der Waals surface area (Å²) in [5, 5.41) is 3.52. The number of rotatable bonds is 5. The van der Waals surface area contributed by atoms with Gasteiger partial charge in [-0.25, -0.2) is 0 Å². The zero-order valence-electron chi connectivity index (χ0n) is 11.9. The lowest BCUT2D eigenvalue weighted by Crippen LogP contribution is -2.52. The van der Waals surface area contributed by atoms with E-state index >= 15 is 0 Å². The zero-order valence-corrected chi connectivity index (χ0v) is 11.9. The smallest absolute Gasteiger partial charge is 0.0674 e. The van der Waals surface area contributed by atoms with Gasteiger partial charge in [-0.15, -0.1) is 0 Å². The van der Waals surface area contributed by atoms with Gasteiger partial charge in [0.15, 0.2) is 0 Å². The van der Waals surface area contributed by atoms with Gasteiger partial charge in [0.25, 0.3) is 0 Å². The lowest BCUT2D eigenvalue weighted by atomic mass is 9.81. The van der Waals surface area contributed by atoms with Crippen LogP contribution in [0.5, 0.6) is 0 Å². The summed E-state index contributed by atoms with van der Waals surface area (Å²) in [7, 11) is 0. The molecule has 0 bridgehead atoms. The molecule has 0 aromatic rings. The maximum atomic E-state index is 5.75. The lowest BCUT2D eigenvalue weighted by molar-refractivity contribution is -0.0638. The molecule has 0 aliphatic carbocycles. The Bertz CT molecular complexity index is 242. The SMILES string of the molecule is CCNCC1(CN2CCOC(C)C2)CCCOC1. The second-order valence-corrected chi connectivity index (χ2v) is 5.85. The van der Waals surface area contributed by atoms with Crippen LogP contribution in [-0.4, -0.2) is 63.5 Å². The van der Waals surface area contributed by atoms with Crippen molar-refractivity contribution >= 4 is 0 Å². The second-order valence-electron chi connectivity index (χ2n) is 5.85.